The van der Waals surface area contributed by atoms with E-state index >= 15 is 0 Å². The first-order valence-corrected chi connectivity index (χ1v) is 14.7. The smallest absolute Gasteiger partial charge is 0.119 e. The Hall–Kier alpha value is -1.68. The van der Waals surface area contributed by atoms with Crippen LogP contribution in [0.5, 0.6) is 5.75 Å². The van der Waals surface area contributed by atoms with Crippen LogP contribution in [0.25, 0.3) is 0 Å². The molecule has 1 heteroatoms. The van der Waals surface area contributed by atoms with Gasteiger partial charge in [0.2, 0.25) is 0 Å². The largest absolute Gasteiger partial charge is 0.493 e. The molecule has 0 aromatic heterocycles. The van der Waals surface area contributed by atoms with Crippen LogP contribution in [-0.2, 0) is 6.42 Å². The van der Waals surface area contributed by atoms with E-state index in [-0.39, 0.29) is 0 Å². The van der Waals surface area contributed by atoms with Crippen molar-refractivity contribution in [2.75, 3.05) is 6.61 Å². The van der Waals surface area contributed by atoms with Crippen molar-refractivity contribution in [3.8, 4) is 17.6 Å². The summed E-state index contributed by atoms with van der Waals surface area (Å²) in [6, 6.07) is 8.79. The highest BCUT2D eigenvalue weighted by Crippen LogP contribution is 2.33. The summed E-state index contributed by atoms with van der Waals surface area (Å²) >= 11 is 0. The van der Waals surface area contributed by atoms with E-state index in [1.165, 1.54) is 108 Å². The minimum Gasteiger partial charge on any atom is -0.493 e. The summed E-state index contributed by atoms with van der Waals surface area (Å²) in [4.78, 5) is 0. The Balaban J connectivity index is 1.27. The number of allylic oxidation sites excluding steroid dienone is 2. The normalized spacial score (nSPS) is 25.1. The van der Waals surface area contributed by atoms with Crippen molar-refractivity contribution in [3.63, 3.8) is 0 Å². The molecular weight excluding hydrogens is 412 g/mol. The van der Waals surface area contributed by atoms with E-state index < -0.39 is 0 Å². The standard InChI is InChI=1S/C33H50O/c1-3-5-7-11-28-15-17-29(18-16-28)13-9-10-14-30-19-21-32(22-20-30)27-34-33-25-23-31(24-26-33)12-8-6-4-2/h9,13,23-26,28-30,32H,3-8,11-12,15-22,27H2,1-2H3/b13-9+. The summed E-state index contributed by atoms with van der Waals surface area (Å²) in [6.07, 6.45) is 25.9. The van der Waals surface area contributed by atoms with Crippen LogP contribution in [0.1, 0.15) is 116 Å². The molecule has 2 aliphatic carbocycles. The highest BCUT2D eigenvalue weighted by molar-refractivity contribution is 5.27. The van der Waals surface area contributed by atoms with Crippen LogP contribution in [-0.4, -0.2) is 6.61 Å². The van der Waals surface area contributed by atoms with Crippen molar-refractivity contribution in [3.05, 3.63) is 42.0 Å². The zero-order valence-electron chi connectivity index (χ0n) is 22.2. The zero-order valence-corrected chi connectivity index (χ0v) is 22.2. The van der Waals surface area contributed by atoms with Crippen molar-refractivity contribution in [1.82, 2.24) is 0 Å². The molecule has 2 aliphatic rings. The van der Waals surface area contributed by atoms with Crippen molar-refractivity contribution < 1.29 is 4.74 Å². The number of unbranched alkanes of at least 4 members (excludes halogenated alkanes) is 4. The summed E-state index contributed by atoms with van der Waals surface area (Å²) in [5, 5.41) is 0. The molecule has 1 aromatic rings. The number of benzene rings is 1. The summed E-state index contributed by atoms with van der Waals surface area (Å²) in [6.45, 7) is 5.42. The topological polar surface area (TPSA) is 9.23 Å². The molecule has 0 spiro atoms. The first kappa shape index (κ1) is 26.9. The average molecular weight is 463 g/mol. The zero-order chi connectivity index (χ0) is 23.8. The van der Waals surface area contributed by atoms with Gasteiger partial charge in [0, 0.05) is 5.92 Å². The lowest BCUT2D eigenvalue weighted by molar-refractivity contribution is 0.196. The van der Waals surface area contributed by atoms with E-state index in [4.69, 9.17) is 4.74 Å². The molecule has 3 rings (SSSR count). The van der Waals surface area contributed by atoms with Crippen molar-refractivity contribution in [2.24, 2.45) is 23.7 Å². The van der Waals surface area contributed by atoms with Gasteiger partial charge in [-0.1, -0.05) is 82.4 Å². The molecule has 1 nitrogen and oxygen atoms in total. The van der Waals surface area contributed by atoms with E-state index in [0.717, 1.165) is 24.2 Å². The Kier molecular flexibility index (Phi) is 12.7. The molecule has 0 aliphatic heterocycles. The number of rotatable bonds is 12. The Labute approximate surface area is 211 Å². The first-order valence-electron chi connectivity index (χ1n) is 14.7. The maximum absolute atomic E-state index is 6.11. The van der Waals surface area contributed by atoms with E-state index in [1.54, 1.807) is 0 Å². The van der Waals surface area contributed by atoms with Gasteiger partial charge in [-0.25, -0.2) is 0 Å². The van der Waals surface area contributed by atoms with E-state index in [2.05, 4.69) is 62.1 Å². The van der Waals surface area contributed by atoms with Crippen LogP contribution in [0, 0.1) is 35.5 Å². The second-order valence-corrected chi connectivity index (χ2v) is 11.1. The SMILES string of the molecule is CCCCCc1ccc(OCC2CCC(C#C/C=C/C3CCC(CCCCC)CC3)CC2)cc1. The number of aryl methyl sites for hydroxylation is 1. The molecule has 0 unspecified atom stereocenters. The third-order valence-corrected chi connectivity index (χ3v) is 8.17. The van der Waals surface area contributed by atoms with Gasteiger partial charge in [0.25, 0.3) is 0 Å². The van der Waals surface area contributed by atoms with E-state index in [1.807, 2.05) is 0 Å². The van der Waals surface area contributed by atoms with Gasteiger partial charge in [0.15, 0.2) is 0 Å². The molecule has 34 heavy (non-hydrogen) atoms. The third kappa shape index (κ3) is 10.3. The lowest BCUT2D eigenvalue weighted by Gasteiger charge is -2.26. The minimum atomic E-state index is 0.581. The lowest BCUT2D eigenvalue weighted by Crippen LogP contribution is -2.19. The molecule has 0 bridgehead atoms. The predicted molar refractivity (Wildman–Crippen MR) is 147 cm³/mol. The molecule has 0 heterocycles. The molecule has 0 atom stereocenters. The Bertz CT molecular complexity index is 733. The van der Waals surface area contributed by atoms with E-state index in [9.17, 15) is 0 Å². The van der Waals surface area contributed by atoms with Gasteiger partial charge in [-0.2, -0.15) is 0 Å². The van der Waals surface area contributed by atoms with Crippen LogP contribution in [0.2, 0.25) is 0 Å². The number of hydrogen-bond donors (Lipinski definition) is 0. The second kappa shape index (κ2) is 16.1. The predicted octanol–water partition coefficient (Wildman–Crippen LogP) is 9.55. The molecular formula is C33H50O. The maximum Gasteiger partial charge on any atom is 0.119 e. The van der Waals surface area contributed by atoms with Gasteiger partial charge in [0.05, 0.1) is 6.61 Å². The van der Waals surface area contributed by atoms with Crippen LogP contribution < -0.4 is 4.74 Å². The van der Waals surface area contributed by atoms with Gasteiger partial charge >= 0.3 is 0 Å². The van der Waals surface area contributed by atoms with Crippen LogP contribution in [0.3, 0.4) is 0 Å². The maximum atomic E-state index is 6.11. The summed E-state index contributed by atoms with van der Waals surface area (Å²) < 4.78 is 6.11. The molecule has 0 radical (unpaired) electrons. The molecule has 0 amide bonds. The molecule has 0 saturated heterocycles. The number of hydrogen-bond acceptors (Lipinski definition) is 1. The fraction of sp³-hybridized carbons (Fsp3) is 0.697. The third-order valence-electron chi connectivity index (χ3n) is 8.17. The average Bonchev–Trinajstić information content (AvgIpc) is 2.88. The van der Waals surface area contributed by atoms with Crippen molar-refractivity contribution in [2.45, 2.75) is 117 Å². The fourth-order valence-corrected chi connectivity index (χ4v) is 5.72. The van der Waals surface area contributed by atoms with Crippen molar-refractivity contribution >= 4 is 0 Å². The highest BCUT2D eigenvalue weighted by atomic mass is 16.5. The Morgan fingerprint density at radius 2 is 1.47 bits per heavy atom. The minimum absolute atomic E-state index is 0.581. The molecule has 0 N–H and O–H groups in total. The monoisotopic (exact) mass is 462 g/mol. The van der Waals surface area contributed by atoms with Crippen LogP contribution in [0.15, 0.2) is 36.4 Å². The summed E-state index contributed by atoms with van der Waals surface area (Å²) in [7, 11) is 0. The quantitative estimate of drug-likeness (QED) is 0.222. The van der Waals surface area contributed by atoms with E-state index in [0.29, 0.717) is 11.8 Å². The summed E-state index contributed by atoms with van der Waals surface area (Å²) in [5.41, 5.74) is 1.43. The van der Waals surface area contributed by atoms with Gasteiger partial charge < -0.3 is 4.74 Å². The number of ether oxygens (including phenoxy) is 1. The van der Waals surface area contributed by atoms with Crippen LogP contribution >= 0.6 is 0 Å². The molecule has 188 valence electrons. The Morgan fingerprint density at radius 3 is 2.18 bits per heavy atom. The summed E-state index contributed by atoms with van der Waals surface area (Å²) in [5.74, 6) is 11.0. The van der Waals surface area contributed by atoms with Gasteiger partial charge in [-0.15, -0.1) is 0 Å². The molecule has 2 saturated carbocycles. The van der Waals surface area contributed by atoms with Gasteiger partial charge in [-0.3, -0.25) is 0 Å². The second-order valence-electron chi connectivity index (χ2n) is 11.1. The van der Waals surface area contributed by atoms with Crippen molar-refractivity contribution in [1.29, 1.82) is 0 Å². The molecule has 1 aromatic carbocycles. The molecule has 2 fully saturated rings. The fourth-order valence-electron chi connectivity index (χ4n) is 5.72. The van der Waals surface area contributed by atoms with Crippen LogP contribution in [0.4, 0.5) is 0 Å². The Morgan fingerprint density at radius 1 is 0.794 bits per heavy atom. The first-order chi connectivity index (χ1) is 16.8. The lowest BCUT2D eigenvalue weighted by atomic mass is 9.79. The highest BCUT2D eigenvalue weighted by Gasteiger charge is 2.21. The van der Waals surface area contributed by atoms with Gasteiger partial charge in [-0.05, 0) is 106 Å². The van der Waals surface area contributed by atoms with Gasteiger partial charge in [0.1, 0.15) is 5.75 Å².